The standard InChI is InChI=1S/C10H21NO3S/c1-8(7-15(2,13)14)11-9-5-3-4-6-10(9)12/h8-12H,3-7H2,1-2H3. The highest BCUT2D eigenvalue weighted by Gasteiger charge is 2.24. The first-order valence-electron chi connectivity index (χ1n) is 5.50. The molecule has 5 heteroatoms. The largest absolute Gasteiger partial charge is 0.392 e. The Hall–Kier alpha value is -0.130. The van der Waals surface area contributed by atoms with Crippen molar-refractivity contribution in [3.8, 4) is 0 Å². The van der Waals surface area contributed by atoms with Gasteiger partial charge >= 0.3 is 0 Å². The van der Waals surface area contributed by atoms with Gasteiger partial charge in [-0.2, -0.15) is 0 Å². The van der Waals surface area contributed by atoms with Crippen LogP contribution in [0.3, 0.4) is 0 Å². The molecule has 0 bridgehead atoms. The van der Waals surface area contributed by atoms with Gasteiger partial charge < -0.3 is 10.4 Å². The maximum atomic E-state index is 11.1. The van der Waals surface area contributed by atoms with Crippen LogP contribution in [0.15, 0.2) is 0 Å². The molecule has 15 heavy (non-hydrogen) atoms. The Balaban J connectivity index is 2.39. The van der Waals surface area contributed by atoms with E-state index >= 15 is 0 Å². The summed E-state index contributed by atoms with van der Waals surface area (Å²) in [5.41, 5.74) is 0. The molecule has 3 unspecified atom stereocenters. The summed E-state index contributed by atoms with van der Waals surface area (Å²) < 4.78 is 22.1. The van der Waals surface area contributed by atoms with Gasteiger partial charge in [0.15, 0.2) is 0 Å². The summed E-state index contributed by atoms with van der Waals surface area (Å²) in [6.45, 7) is 1.85. The van der Waals surface area contributed by atoms with Gasteiger partial charge in [-0.3, -0.25) is 0 Å². The van der Waals surface area contributed by atoms with Crippen molar-refractivity contribution in [3.63, 3.8) is 0 Å². The van der Waals surface area contributed by atoms with Gasteiger partial charge in [-0.15, -0.1) is 0 Å². The van der Waals surface area contributed by atoms with Crippen LogP contribution in [-0.2, 0) is 9.84 Å². The summed E-state index contributed by atoms with van der Waals surface area (Å²) in [6, 6.07) is -0.0201. The minimum atomic E-state index is -2.94. The molecule has 4 nitrogen and oxygen atoms in total. The monoisotopic (exact) mass is 235 g/mol. The molecule has 0 radical (unpaired) electrons. The van der Waals surface area contributed by atoms with E-state index < -0.39 is 9.84 Å². The van der Waals surface area contributed by atoms with Gasteiger partial charge in [0.05, 0.1) is 11.9 Å². The van der Waals surface area contributed by atoms with Crippen molar-refractivity contribution in [3.05, 3.63) is 0 Å². The molecule has 1 aliphatic carbocycles. The Morgan fingerprint density at radius 1 is 1.40 bits per heavy atom. The molecule has 0 amide bonds. The second-order valence-electron chi connectivity index (χ2n) is 4.62. The van der Waals surface area contributed by atoms with Crippen LogP contribution in [0.4, 0.5) is 0 Å². The topological polar surface area (TPSA) is 66.4 Å². The Morgan fingerprint density at radius 2 is 2.00 bits per heavy atom. The molecule has 1 fully saturated rings. The number of sulfone groups is 1. The highest BCUT2D eigenvalue weighted by atomic mass is 32.2. The fourth-order valence-corrected chi connectivity index (χ4v) is 3.18. The van der Waals surface area contributed by atoms with E-state index in [1.165, 1.54) is 6.26 Å². The summed E-state index contributed by atoms with van der Waals surface area (Å²) in [7, 11) is -2.94. The zero-order chi connectivity index (χ0) is 11.5. The van der Waals surface area contributed by atoms with Gasteiger partial charge in [-0.05, 0) is 19.8 Å². The highest BCUT2D eigenvalue weighted by molar-refractivity contribution is 7.90. The van der Waals surface area contributed by atoms with Gasteiger partial charge in [0.2, 0.25) is 0 Å². The molecule has 0 saturated heterocycles. The van der Waals surface area contributed by atoms with Gasteiger partial charge in [0.1, 0.15) is 9.84 Å². The first-order valence-corrected chi connectivity index (χ1v) is 7.56. The molecule has 0 aromatic heterocycles. The lowest BCUT2D eigenvalue weighted by Crippen LogP contribution is -2.48. The van der Waals surface area contributed by atoms with E-state index in [1.807, 2.05) is 6.92 Å². The molecule has 3 atom stereocenters. The Bertz CT molecular complexity index is 289. The SMILES string of the molecule is CC(CS(C)(=O)=O)NC1CCCCC1O. The number of nitrogens with one attached hydrogen (secondary N) is 1. The van der Waals surface area contributed by atoms with Crippen molar-refractivity contribution in [1.82, 2.24) is 5.32 Å². The highest BCUT2D eigenvalue weighted by Crippen LogP contribution is 2.18. The number of aliphatic hydroxyl groups excluding tert-OH is 1. The second kappa shape index (κ2) is 5.27. The van der Waals surface area contributed by atoms with Crippen LogP contribution in [0.5, 0.6) is 0 Å². The number of hydrogen-bond donors (Lipinski definition) is 2. The van der Waals surface area contributed by atoms with E-state index in [0.29, 0.717) is 0 Å². The predicted octanol–water partition coefficient (Wildman–Crippen LogP) is 0.313. The molecule has 0 heterocycles. The van der Waals surface area contributed by atoms with E-state index in [1.54, 1.807) is 0 Å². The normalized spacial score (nSPS) is 30.1. The first-order chi connectivity index (χ1) is 6.88. The first kappa shape index (κ1) is 12.9. The van der Waals surface area contributed by atoms with Gasteiger partial charge in [-0.1, -0.05) is 12.8 Å². The smallest absolute Gasteiger partial charge is 0.148 e. The molecule has 0 aliphatic heterocycles. The van der Waals surface area contributed by atoms with Crippen LogP contribution >= 0.6 is 0 Å². The zero-order valence-corrected chi connectivity index (χ0v) is 10.3. The van der Waals surface area contributed by atoms with Crippen LogP contribution in [0.1, 0.15) is 32.6 Å². The van der Waals surface area contributed by atoms with Crippen molar-refractivity contribution < 1.29 is 13.5 Å². The van der Waals surface area contributed by atoms with Crippen molar-refractivity contribution in [2.75, 3.05) is 12.0 Å². The average Bonchev–Trinajstić information content (AvgIpc) is 2.05. The summed E-state index contributed by atoms with van der Waals surface area (Å²) >= 11 is 0. The third kappa shape index (κ3) is 4.95. The van der Waals surface area contributed by atoms with Crippen LogP contribution in [-0.4, -0.2) is 43.7 Å². The van der Waals surface area contributed by atoms with Crippen LogP contribution in [0, 0.1) is 0 Å². The second-order valence-corrected chi connectivity index (χ2v) is 6.80. The lowest BCUT2D eigenvalue weighted by Gasteiger charge is -2.30. The van der Waals surface area contributed by atoms with Crippen LogP contribution in [0.25, 0.3) is 0 Å². The van der Waals surface area contributed by atoms with Gasteiger partial charge in [0.25, 0.3) is 0 Å². The zero-order valence-electron chi connectivity index (χ0n) is 9.44. The summed E-state index contributed by atoms with van der Waals surface area (Å²) in [4.78, 5) is 0. The van der Waals surface area contributed by atoms with Crippen LogP contribution < -0.4 is 5.32 Å². The third-order valence-corrected chi connectivity index (χ3v) is 3.89. The molecular formula is C10H21NO3S. The molecular weight excluding hydrogens is 214 g/mol. The van der Waals surface area contributed by atoms with Crippen molar-refractivity contribution >= 4 is 9.84 Å². The Kier molecular flexibility index (Phi) is 4.55. The molecule has 2 N–H and O–H groups in total. The fraction of sp³-hybridized carbons (Fsp3) is 1.00. The summed E-state index contributed by atoms with van der Waals surface area (Å²) in [6.07, 6.45) is 4.86. The van der Waals surface area contributed by atoms with Gasteiger partial charge in [-0.25, -0.2) is 8.42 Å². The van der Waals surface area contributed by atoms with E-state index in [-0.39, 0.29) is 23.9 Å². The lowest BCUT2D eigenvalue weighted by atomic mass is 9.92. The quantitative estimate of drug-likeness (QED) is 0.736. The van der Waals surface area contributed by atoms with E-state index in [4.69, 9.17) is 0 Å². The fourth-order valence-electron chi connectivity index (χ4n) is 2.17. The molecule has 0 aromatic carbocycles. The van der Waals surface area contributed by atoms with Crippen molar-refractivity contribution in [1.29, 1.82) is 0 Å². The molecule has 0 spiro atoms. The lowest BCUT2D eigenvalue weighted by molar-refractivity contribution is 0.0872. The average molecular weight is 235 g/mol. The number of rotatable bonds is 4. The maximum absolute atomic E-state index is 11.1. The minimum Gasteiger partial charge on any atom is -0.392 e. The number of hydrogen-bond acceptors (Lipinski definition) is 4. The predicted molar refractivity (Wildman–Crippen MR) is 60.6 cm³/mol. The van der Waals surface area contributed by atoms with Crippen molar-refractivity contribution in [2.24, 2.45) is 0 Å². The van der Waals surface area contributed by atoms with Gasteiger partial charge in [0, 0.05) is 18.3 Å². The molecule has 1 saturated carbocycles. The van der Waals surface area contributed by atoms with E-state index in [2.05, 4.69) is 5.32 Å². The molecule has 1 rings (SSSR count). The van der Waals surface area contributed by atoms with E-state index in [0.717, 1.165) is 25.7 Å². The van der Waals surface area contributed by atoms with Crippen LogP contribution in [0.2, 0.25) is 0 Å². The Morgan fingerprint density at radius 3 is 2.53 bits per heavy atom. The van der Waals surface area contributed by atoms with E-state index in [9.17, 15) is 13.5 Å². The Labute approximate surface area is 92.0 Å². The third-order valence-electron chi connectivity index (χ3n) is 2.78. The summed E-state index contributed by atoms with van der Waals surface area (Å²) in [5.74, 6) is 0.135. The molecule has 1 aliphatic rings. The maximum Gasteiger partial charge on any atom is 0.148 e. The summed E-state index contributed by atoms with van der Waals surface area (Å²) in [5, 5.41) is 12.9. The molecule has 0 aromatic rings. The minimum absolute atomic E-state index is 0.0653. The number of aliphatic hydroxyl groups is 1. The van der Waals surface area contributed by atoms with Crippen molar-refractivity contribution in [2.45, 2.75) is 50.8 Å². The molecule has 90 valence electrons.